The van der Waals surface area contributed by atoms with E-state index in [4.69, 9.17) is 17.3 Å². The third-order valence-corrected chi connectivity index (χ3v) is 4.06. The van der Waals surface area contributed by atoms with Gasteiger partial charge in [-0.15, -0.1) is 0 Å². The average Bonchev–Trinajstić information content (AvgIpc) is 2.84. The van der Waals surface area contributed by atoms with Crippen molar-refractivity contribution in [3.05, 3.63) is 34.6 Å². The predicted octanol–water partition coefficient (Wildman–Crippen LogP) is 3.93. The SMILES string of the molecule is NC(CCc1ccc(Cl)c(F)c1)C1CCCC1. The quantitative estimate of drug-likeness (QED) is 0.867. The number of rotatable bonds is 4. The molecule has 0 aliphatic heterocycles. The number of hydrogen-bond acceptors (Lipinski definition) is 1. The molecule has 0 radical (unpaired) electrons. The van der Waals surface area contributed by atoms with E-state index in [0.717, 1.165) is 18.4 Å². The lowest BCUT2D eigenvalue weighted by molar-refractivity contribution is 0.410. The van der Waals surface area contributed by atoms with Crippen LogP contribution in [0.5, 0.6) is 0 Å². The van der Waals surface area contributed by atoms with Crippen LogP contribution in [0.1, 0.15) is 37.7 Å². The Morgan fingerprint density at radius 1 is 1.35 bits per heavy atom. The van der Waals surface area contributed by atoms with Crippen LogP contribution in [0.15, 0.2) is 18.2 Å². The molecule has 0 aromatic heterocycles. The molecule has 1 aliphatic carbocycles. The molecular formula is C14H19ClFN. The van der Waals surface area contributed by atoms with Gasteiger partial charge in [0.05, 0.1) is 5.02 Å². The van der Waals surface area contributed by atoms with Crippen LogP contribution in [0.25, 0.3) is 0 Å². The van der Waals surface area contributed by atoms with E-state index in [9.17, 15) is 4.39 Å². The molecule has 0 bridgehead atoms. The zero-order chi connectivity index (χ0) is 12.3. The van der Waals surface area contributed by atoms with Crippen LogP contribution in [0.4, 0.5) is 4.39 Å². The van der Waals surface area contributed by atoms with E-state index >= 15 is 0 Å². The van der Waals surface area contributed by atoms with Gasteiger partial charge in [0.15, 0.2) is 0 Å². The van der Waals surface area contributed by atoms with Crippen molar-refractivity contribution in [3.8, 4) is 0 Å². The molecule has 1 aliphatic rings. The Labute approximate surface area is 107 Å². The van der Waals surface area contributed by atoms with Crippen molar-refractivity contribution in [1.82, 2.24) is 0 Å². The van der Waals surface area contributed by atoms with Crippen LogP contribution in [-0.2, 0) is 6.42 Å². The normalized spacial score (nSPS) is 18.5. The summed E-state index contributed by atoms with van der Waals surface area (Å²) in [4.78, 5) is 0. The molecule has 2 rings (SSSR count). The third kappa shape index (κ3) is 3.43. The lowest BCUT2D eigenvalue weighted by Crippen LogP contribution is -2.28. The third-order valence-electron chi connectivity index (χ3n) is 3.76. The van der Waals surface area contributed by atoms with Crippen molar-refractivity contribution in [3.63, 3.8) is 0 Å². The second kappa shape index (κ2) is 5.83. The van der Waals surface area contributed by atoms with E-state index < -0.39 is 0 Å². The van der Waals surface area contributed by atoms with Gasteiger partial charge in [0.25, 0.3) is 0 Å². The van der Waals surface area contributed by atoms with Crippen molar-refractivity contribution in [2.24, 2.45) is 11.7 Å². The first-order valence-corrected chi connectivity index (χ1v) is 6.74. The van der Waals surface area contributed by atoms with Crippen molar-refractivity contribution in [2.75, 3.05) is 0 Å². The largest absolute Gasteiger partial charge is 0.327 e. The number of halogens is 2. The first-order chi connectivity index (χ1) is 8.16. The summed E-state index contributed by atoms with van der Waals surface area (Å²) >= 11 is 5.65. The summed E-state index contributed by atoms with van der Waals surface area (Å²) < 4.78 is 13.2. The number of hydrogen-bond donors (Lipinski definition) is 1. The minimum Gasteiger partial charge on any atom is -0.327 e. The molecule has 0 saturated heterocycles. The Bertz CT molecular complexity index is 374. The van der Waals surface area contributed by atoms with Gasteiger partial charge < -0.3 is 5.73 Å². The molecule has 1 nitrogen and oxygen atoms in total. The molecule has 1 unspecified atom stereocenters. The highest BCUT2D eigenvalue weighted by atomic mass is 35.5. The molecule has 94 valence electrons. The topological polar surface area (TPSA) is 26.0 Å². The fourth-order valence-electron chi connectivity index (χ4n) is 2.65. The van der Waals surface area contributed by atoms with Crippen molar-refractivity contribution in [2.45, 2.75) is 44.6 Å². The monoisotopic (exact) mass is 255 g/mol. The van der Waals surface area contributed by atoms with E-state index in [2.05, 4.69) is 0 Å². The van der Waals surface area contributed by atoms with Crippen molar-refractivity contribution >= 4 is 11.6 Å². The lowest BCUT2D eigenvalue weighted by atomic mass is 9.93. The molecular weight excluding hydrogens is 237 g/mol. The fraction of sp³-hybridized carbons (Fsp3) is 0.571. The molecule has 17 heavy (non-hydrogen) atoms. The van der Waals surface area contributed by atoms with Crippen LogP contribution in [0, 0.1) is 11.7 Å². The van der Waals surface area contributed by atoms with Crippen LogP contribution < -0.4 is 5.73 Å². The number of aryl methyl sites for hydroxylation is 1. The van der Waals surface area contributed by atoms with Crippen LogP contribution >= 0.6 is 11.6 Å². The van der Waals surface area contributed by atoms with E-state index in [0.29, 0.717) is 5.92 Å². The standard InChI is InChI=1S/C14H19ClFN/c15-12-7-5-10(9-13(12)16)6-8-14(17)11-3-1-2-4-11/h5,7,9,11,14H,1-4,6,8,17H2. The van der Waals surface area contributed by atoms with Gasteiger partial charge in [-0.1, -0.05) is 30.5 Å². The van der Waals surface area contributed by atoms with Gasteiger partial charge >= 0.3 is 0 Å². The molecule has 1 fully saturated rings. The van der Waals surface area contributed by atoms with Gasteiger partial charge in [0.2, 0.25) is 0 Å². The van der Waals surface area contributed by atoms with Gasteiger partial charge in [-0.3, -0.25) is 0 Å². The molecule has 3 heteroatoms. The molecule has 0 heterocycles. The summed E-state index contributed by atoms with van der Waals surface area (Å²) in [6, 6.07) is 5.28. The Morgan fingerprint density at radius 3 is 2.71 bits per heavy atom. The number of nitrogens with two attached hydrogens (primary N) is 1. The Kier molecular flexibility index (Phi) is 4.41. The van der Waals surface area contributed by atoms with Crippen LogP contribution in [-0.4, -0.2) is 6.04 Å². The summed E-state index contributed by atoms with van der Waals surface area (Å²) in [5.74, 6) is 0.339. The molecule has 1 atom stereocenters. The highest BCUT2D eigenvalue weighted by Gasteiger charge is 2.21. The maximum absolute atomic E-state index is 13.2. The minimum absolute atomic E-state index is 0.189. The Balaban J connectivity index is 1.86. The van der Waals surface area contributed by atoms with Gasteiger partial charge in [-0.2, -0.15) is 0 Å². The van der Waals surface area contributed by atoms with Gasteiger partial charge in [-0.25, -0.2) is 4.39 Å². The second-order valence-corrected chi connectivity index (χ2v) is 5.40. The summed E-state index contributed by atoms with van der Waals surface area (Å²) in [7, 11) is 0. The van der Waals surface area contributed by atoms with Crippen molar-refractivity contribution < 1.29 is 4.39 Å². The number of benzene rings is 1. The maximum atomic E-state index is 13.2. The Hall–Kier alpha value is -0.600. The van der Waals surface area contributed by atoms with Gasteiger partial charge in [-0.05, 0) is 49.3 Å². The molecule has 0 amide bonds. The highest BCUT2D eigenvalue weighted by Crippen LogP contribution is 2.28. The summed E-state index contributed by atoms with van der Waals surface area (Å²) in [5, 5.41) is 0.189. The molecule has 1 aromatic carbocycles. The lowest BCUT2D eigenvalue weighted by Gasteiger charge is -2.18. The average molecular weight is 256 g/mol. The molecule has 1 aromatic rings. The van der Waals surface area contributed by atoms with E-state index in [1.165, 1.54) is 31.7 Å². The summed E-state index contributed by atoms with van der Waals surface area (Å²) in [6.07, 6.45) is 6.92. The highest BCUT2D eigenvalue weighted by molar-refractivity contribution is 6.30. The van der Waals surface area contributed by atoms with Crippen LogP contribution in [0.3, 0.4) is 0 Å². The predicted molar refractivity (Wildman–Crippen MR) is 69.7 cm³/mol. The van der Waals surface area contributed by atoms with Gasteiger partial charge in [0, 0.05) is 6.04 Å². The van der Waals surface area contributed by atoms with Crippen LogP contribution in [0.2, 0.25) is 5.02 Å². The summed E-state index contributed by atoms with van der Waals surface area (Å²) in [6.45, 7) is 0. The van der Waals surface area contributed by atoms with Gasteiger partial charge in [0.1, 0.15) is 5.82 Å². The molecule has 1 saturated carbocycles. The summed E-state index contributed by atoms with van der Waals surface area (Å²) in [5.41, 5.74) is 7.16. The second-order valence-electron chi connectivity index (χ2n) is 5.00. The molecule has 0 spiro atoms. The first kappa shape index (κ1) is 12.8. The Morgan fingerprint density at radius 2 is 2.06 bits per heavy atom. The first-order valence-electron chi connectivity index (χ1n) is 6.36. The zero-order valence-corrected chi connectivity index (χ0v) is 10.7. The van der Waals surface area contributed by atoms with E-state index in [1.54, 1.807) is 6.07 Å². The minimum atomic E-state index is -0.335. The maximum Gasteiger partial charge on any atom is 0.142 e. The smallest absolute Gasteiger partial charge is 0.142 e. The fourth-order valence-corrected chi connectivity index (χ4v) is 2.77. The molecule has 2 N–H and O–H groups in total. The van der Waals surface area contributed by atoms with E-state index in [-0.39, 0.29) is 16.9 Å². The van der Waals surface area contributed by atoms with Crippen molar-refractivity contribution in [1.29, 1.82) is 0 Å². The van der Waals surface area contributed by atoms with E-state index in [1.807, 2.05) is 6.07 Å². The zero-order valence-electron chi connectivity index (χ0n) is 9.96.